The maximum Gasteiger partial charge on any atom is 0.128 e. The highest BCUT2D eigenvalue weighted by Gasteiger charge is 2.07. The summed E-state index contributed by atoms with van der Waals surface area (Å²) in [6.45, 7) is 2.43. The fraction of sp³-hybridized carbons (Fsp3) is 0.300. The van der Waals surface area contributed by atoms with Crippen molar-refractivity contribution < 1.29 is 9.63 Å². The van der Waals surface area contributed by atoms with Crippen molar-refractivity contribution in [3.05, 3.63) is 42.0 Å². The van der Waals surface area contributed by atoms with Crippen molar-refractivity contribution in [1.29, 1.82) is 0 Å². The topological polar surface area (TPSA) is 51.2 Å². The fourth-order valence-corrected chi connectivity index (χ4v) is 1.45. The molecule has 0 amide bonds. The zero-order chi connectivity index (χ0) is 9.97. The van der Waals surface area contributed by atoms with Crippen LogP contribution in [-0.2, 0) is 6.54 Å². The van der Waals surface area contributed by atoms with Gasteiger partial charge >= 0.3 is 0 Å². The molecule has 14 heavy (non-hydrogen) atoms. The van der Waals surface area contributed by atoms with E-state index >= 15 is 0 Å². The van der Waals surface area contributed by atoms with Crippen LogP contribution in [0.1, 0.15) is 24.3 Å². The van der Waals surface area contributed by atoms with E-state index in [4.69, 9.17) is 4.52 Å². The van der Waals surface area contributed by atoms with Gasteiger partial charge < -0.3 is 14.2 Å². The third kappa shape index (κ3) is 1.70. The molecule has 0 aliphatic heterocycles. The van der Waals surface area contributed by atoms with Gasteiger partial charge in [0.15, 0.2) is 0 Å². The van der Waals surface area contributed by atoms with Gasteiger partial charge in [0.25, 0.3) is 0 Å². The predicted molar refractivity (Wildman–Crippen MR) is 50.7 cm³/mol. The van der Waals surface area contributed by atoms with E-state index in [1.54, 1.807) is 19.4 Å². The molecule has 2 rings (SSSR count). The standard InChI is InChI=1S/C10H12N2O2/c1-8(13)10-3-2-4-12(10)6-9-5-11-14-7-9/h2-5,7-8,13H,6H2,1H3. The number of rotatable bonds is 3. The Morgan fingerprint density at radius 1 is 1.64 bits per heavy atom. The molecule has 0 radical (unpaired) electrons. The van der Waals surface area contributed by atoms with E-state index in [1.165, 1.54) is 0 Å². The van der Waals surface area contributed by atoms with Crippen LogP contribution in [0.15, 0.2) is 35.3 Å². The largest absolute Gasteiger partial charge is 0.387 e. The number of hydrogen-bond donors (Lipinski definition) is 1. The molecule has 2 aromatic heterocycles. The van der Waals surface area contributed by atoms with Gasteiger partial charge in [0, 0.05) is 17.5 Å². The molecule has 0 saturated heterocycles. The van der Waals surface area contributed by atoms with Crippen LogP contribution >= 0.6 is 0 Å². The van der Waals surface area contributed by atoms with Gasteiger partial charge in [-0.1, -0.05) is 5.16 Å². The molecule has 1 N–H and O–H groups in total. The predicted octanol–water partition coefficient (Wildman–Crippen LogP) is 1.58. The Labute approximate surface area is 81.8 Å². The lowest BCUT2D eigenvalue weighted by Crippen LogP contribution is -2.04. The van der Waals surface area contributed by atoms with E-state index in [9.17, 15) is 5.11 Å². The maximum absolute atomic E-state index is 9.46. The summed E-state index contributed by atoms with van der Waals surface area (Å²) in [5.74, 6) is 0. The molecule has 0 saturated carbocycles. The molecule has 0 bridgehead atoms. The second kappa shape index (κ2) is 3.67. The summed E-state index contributed by atoms with van der Waals surface area (Å²) in [5, 5.41) is 13.1. The van der Waals surface area contributed by atoms with Crippen LogP contribution in [0.2, 0.25) is 0 Å². The highest BCUT2D eigenvalue weighted by atomic mass is 16.5. The van der Waals surface area contributed by atoms with E-state index in [-0.39, 0.29) is 0 Å². The van der Waals surface area contributed by atoms with Crippen LogP contribution in [0.3, 0.4) is 0 Å². The van der Waals surface area contributed by atoms with Gasteiger partial charge in [-0.2, -0.15) is 0 Å². The smallest absolute Gasteiger partial charge is 0.128 e. The Kier molecular flexibility index (Phi) is 2.37. The van der Waals surface area contributed by atoms with Crippen molar-refractivity contribution in [2.75, 3.05) is 0 Å². The first-order chi connectivity index (χ1) is 6.77. The molecular weight excluding hydrogens is 180 g/mol. The van der Waals surface area contributed by atoms with Crippen LogP contribution < -0.4 is 0 Å². The molecule has 0 fully saturated rings. The molecule has 0 aliphatic carbocycles. The van der Waals surface area contributed by atoms with Gasteiger partial charge in [0.1, 0.15) is 6.26 Å². The zero-order valence-electron chi connectivity index (χ0n) is 7.92. The lowest BCUT2D eigenvalue weighted by atomic mass is 10.3. The lowest BCUT2D eigenvalue weighted by molar-refractivity contribution is 0.190. The second-order valence-corrected chi connectivity index (χ2v) is 3.27. The van der Waals surface area contributed by atoms with Crippen molar-refractivity contribution >= 4 is 0 Å². The van der Waals surface area contributed by atoms with Crippen molar-refractivity contribution in [2.24, 2.45) is 0 Å². The first-order valence-corrected chi connectivity index (χ1v) is 4.48. The number of aliphatic hydroxyl groups excluding tert-OH is 1. The summed E-state index contributed by atoms with van der Waals surface area (Å²) < 4.78 is 6.71. The van der Waals surface area contributed by atoms with E-state index in [1.807, 2.05) is 22.9 Å². The molecule has 2 aromatic rings. The second-order valence-electron chi connectivity index (χ2n) is 3.27. The average Bonchev–Trinajstić information content (AvgIpc) is 2.75. The quantitative estimate of drug-likeness (QED) is 0.803. The molecule has 0 spiro atoms. The number of aliphatic hydroxyl groups is 1. The average molecular weight is 192 g/mol. The van der Waals surface area contributed by atoms with Crippen LogP contribution in [0.25, 0.3) is 0 Å². The summed E-state index contributed by atoms with van der Waals surface area (Å²) in [7, 11) is 0. The van der Waals surface area contributed by atoms with Crippen molar-refractivity contribution in [3.8, 4) is 0 Å². The van der Waals surface area contributed by atoms with Crippen LogP contribution in [0.4, 0.5) is 0 Å². The normalized spacial score (nSPS) is 13.0. The van der Waals surface area contributed by atoms with Gasteiger partial charge in [-0.15, -0.1) is 0 Å². The highest BCUT2D eigenvalue weighted by Crippen LogP contribution is 2.14. The van der Waals surface area contributed by atoms with Crippen molar-refractivity contribution in [1.82, 2.24) is 9.72 Å². The monoisotopic (exact) mass is 192 g/mol. The molecule has 0 aliphatic rings. The molecule has 74 valence electrons. The summed E-state index contributed by atoms with van der Waals surface area (Å²) in [5.41, 5.74) is 1.88. The fourth-order valence-electron chi connectivity index (χ4n) is 1.45. The Hall–Kier alpha value is -1.55. The van der Waals surface area contributed by atoms with Gasteiger partial charge in [0.2, 0.25) is 0 Å². The van der Waals surface area contributed by atoms with E-state index in [0.717, 1.165) is 11.3 Å². The van der Waals surface area contributed by atoms with E-state index in [0.29, 0.717) is 6.54 Å². The first-order valence-electron chi connectivity index (χ1n) is 4.48. The van der Waals surface area contributed by atoms with E-state index < -0.39 is 6.10 Å². The van der Waals surface area contributed by atoms with E-state index in [2.05, 4.69) is 5.16 Å². The SMILES string of the molecule is CC(O)c1cccn1Cc1cnoc1. The number of aromatic nitrogens is 2. The number of hydrogen-bond acceptors (Lipinski definition) is 3. The molecule has 4 heteroatoms. The minimum absolute atomic E-state index is 0.454. The molecule has 2 heterocycles. The number of nitrogens with zero attached hydrogens (tertiary/aromatic N) is 2. The lowest BCUT2D eigenvalue weighted by Gasteiger charge is -2.09. The Bertz CT molecular complexity index is 390. The van der Waals surface area contributed by atoms with Crippen LogP contribution in [0.5, 0.6) is 0 Å². The summed E-state index contributed by atoms with van der Waals surface area (Å²) in [6, 6.07) is 3.81. The Morgan fingerprint density at radius 3 is 3.14 bits per heavy atom. The summed E-state index contributed by atoms with van der Waals surface area (Å²) in [6.07, 6.45) is 4.75. The van der Waals surface area contributed by atoms with Crippen molar-refractivity contribution in [2.45, 2.75) is 19.6 Å². The Balaban J connectivity index is 2.21. The van der Waals surface area contributed by atoms with Crippen LogP contribution in [-0.4, -0.2) is 14.8 Å². The highest BCUT2D eigenvalue weighted by molar-refractivity contribution is 5.13. The van der Waals surface area contributed by atoms with Crippen LogP contribution in [0, 0.1) is 0 Å². The zero-order valence-corrected chi connectivity index (χ0v) is 7.92. The molecular formula is C10H12N2O2. The summed E-state index contributed by atoms with van der Waals surface area (Å²) in [4.78, 5) is 0. The minimum atomic E-state index is -0.454. The van der Waals surface area contributed by atoms with Gasteiger partial charge in [-0.25, -0.2) is 0 Å². The maximum atomic E-state index is 9.46. The molecule has 0 aromatic carbocycles. The first kappa shape index (κ1) is 9.02. The van der Waals surface area contributed by atoms with Gasteiger partial charge in [-0.3, -0.25) is 0 Å². The molecule has 1 atom stereocenters. The minimum Gasteiger partial charge on any atom is -0.387 e. The van der Waals surface area contributed by atoms with Gasteiger partial charge in [0.05, 0.1) is 18.8 Å². The van der Waals surface area contributed by atoms with Gasteiger partial charge in [-0.05, 0) is 19.1 Å². The third-order valence-electron chi connectivity index (χ3n) is 2.13. The molecule has 1 unspecified atom stereocenters. The third-order valence-corrected chi connectivity index (χ3v) is 2.13. The Morgan fingerprint density at radius 2 is 2.50 bits per heavy atom. The van der Waals surface area contributed by atoms with Crippen molar-refractivity contribution in [3.63, 3.8) is 0 Å². The summed E-state index contributed by atoms with van der Waals surface area (Å²) >= 11 is 0. The molecule has 4 nitrogen and oxygen atoms in total.